The molecular formula is C19H22N4O2. The van der Waals surface area contributed by atoms with E-state index >= 15 is 0 Å². The van der Waals surface area contributed by atoms with E-state index < -0.39 is 5.97 Å². The lowest BCUT2D eigenvalue weighted by molar-refractivity contribution is -0.137. The van der Waals surface area contributed by atoms with E-state index in [1.54, 1.807) is 10.9 Å². The molecule has 1 atom stereocenters. The van der Waals surface area contributed by atoms with Crippen LogP contribution in [0.2, 0.25) is 0 Å². The maximum Gasteiger partial charge on any atom is 0.325 e. The average molecular weight is 338 g/mol. The standard InChI is InChI=1S/C19H22N4O2/c24-19(25)13-23-18(6-8-21-23)16-2-1-9-22(12-16)11-14-3-4-17-15(10-14)5-7-20-17/h3-8,10,16,20H,1-2,9,11-13H2,(H,24,25). The number of fused-ring (bicyclic) bond motifs is 1. The van der Waals surface area contributed by atoms with Crippen molar-refractivity contribution in [3.8, 4) is 0 Å². The number of carboxylic acids is 1. The molecule has 1 unspecified atom stereocenters. The van der Waals surface area contributed by atoms with Gasteiger partial charge >= 0.3 is 5.97 Å². The smallest absolute Gasteiger partial charge is 0.325 e. The molecule has 2 N–H and O–H groups in total. The number of nitrogens with one attached hydrogen (secondary N) is 1. The third kappa shape index (κ3) is 3.44. The highest BCUT2D eigenvalue weighted by Gasteiger charge is 2.24. The summed E-state index contributed by atoms with van der Waals surface area (Å²) in [5.74, 6) is -0.510. The number of hydrogen-bond donors (Lipinski definition) is 2. The zero-order valence-electron chi connectivity index (χ0n) is 14.1. The first kappa shape index (κ1) is 15.9. The van der Waals surface area contributed by atoms with Gasteiger partial charge in [0.25, 0.3) is 0 Å². The zero-order chi connectivity index (χ0) is 17.2. The summed E-state index contributed by atoms with van der Waals surface area (Å²) in [6.07, 6.45) is 5.88. The van der Waals surface area contributed by atoms with Gasteiger partial charge in [-0.15, -0.1) is 0 Å². The van der Waals surface area contributed by atoms with Gasteiger partial charge in [0.1, 0.15) is 6.54 Å². The number of aromatic nitrogens is 3. The van der Waals surface area contributed by atoms with Gasteiger partial charge in [0.05, 0.1) is 0 Å². The van der Waals surface area contributed by atoms with E-state index in [4.69, 9.17) is 5.11 Å². The maximum absolute atomic E-state index is 11.0. The molecule has 1 aromatic carbocycles. The molecule has 1 fully saturated rings. The Morgan fingerprint density at radius 2 is 2.24 bits per heavy atom. The van der Waals surface area contributed by atoms with Crippen LogP contribution in [0.25, 0.3) is 10.9 Å². The molecule has 130 valence electrons. The molecule has 3 heterocycles. The van der Waals surface area contributed by atoms with Gasteiger partial charge < -0.3 is 10.1 Å². The van der Waals surface area contributed by atoms with Crippen LogP contribution in [0.5, 0.6) is 0 Å². The van der Waals surface area contributed by atoms with Crippen LogP contribution in [0, 0.1) is 0 Å². The fourth-order valence-corrected chi connectivity index (χ4v) is 3.85. The van der Waals surface area contributed by atoms with Crippen molar-refractivity contribution in [3.05, 3.63) is 54.0 Å². The molecule has 0 aliphatic carbocycles. The molecule has 6 heteroatoms. The highest BCUT2D eigenvalue weighted by Crippen LogP contribution is 2.28. The second-order valence-electron chi connectivity index (χ2n) is 6.78. The van der Waals surface area contributed by atoms with Crippen molar-refractivity contribution in [2.75, 3.05) is 13.1 Å². The first-order chi connectivity index (χ1) is 12.2. The van der Waals surface area contributed by atoms with E-state index in [1.807, 2.05) is 12.3 Å². The third-order valence-corrected chi connectivity index (χ3v) is 4.98. The summed E-state index contributed by atoms with van der Waals surface area (Å²) in [6.45, 7) is 2.87. The molecule has 1 aliphatic rings. The lowest BCUT2D eigenvalue weighted by Crippen LogP contribution is -2.35. The number of benzene rings is 1. The molecule has 6 nitrogen and oxygen atoms in total. The van der Waals surface area contributed by atoms with Gasteiger partial charge in [-0.25, -0.2) is 0 Å². The van der Waals surface area contributed by atoms with Crippen LogP contribution in [0.3, 0.4) is 0 Å². The Bertz CT molecular complexity index is 882. The molecule has 4 rings (SSSR count). The summed E-state index contributed by atoms with van der Waals surface area (Å²) in [4.78, 5) is 16.7. The first-order valence-electron chi connectivity index (χ1n) is 8.71. The van der Waals surface area contributed by atoms with E-state index in [0.717, 1.165) is 43.7 Å². The summed E-state index contributed by atoms with van der Waals surface area (Å²) < 4.78 is 1.63. The molecule has 3 aromatic rings. The zero-order valence-corrected chi connectivity index (χ0v) is 14.1. The van der Waals surface area contributed by atoms with Gasteiger partial charge in [-0.05, 0) is 54.6 Å². The first-order valence-corrected chi connectivity index (χ1v) is 8.71. The van der Waals surface area contributed by atoms with Crippen molar-refractivity contribution in [3.63, 3.8) is 0 Å². The van der Waals surface area contributed by atoms with Crippen LogP contribution in [0.15, 0.2) is 42.7 Å². The summed E-state index contributed by atoms with van der Waals surface area (Å²) in [7, 11) is 0. The second-order valence-corrected chi connectivity index (χ2v) is 6.78. The SMILES string of the molecule is O=C(O)Cn1nccc1C1CCCN(Cc2ccc3[nH]ccc3c2)C1. The van der Waals surface area contributed by atoms with Crippen molar-refractivity contribution in [1.82, 2.24) is 19.7 Å². The van der Waals surface area contributed by atoms with Crippen molar-refractivity contribution < 1.29 is 9.90 Å². The molecule has 1 saturated heterocycles. The van der Waals surface area contributed by atoms with E-state index in [0.29, 0.717) is 5.92 Å². The number of carbonyl (C=O) groups is 1. The Hall–Kier alpha value is -2.60. The van der Waals surface area contributed by atoms with E-state index in [9.17, 15) is 4.79 Å². The summed E-state index contributed by atoms with van der Waals surface area (Å²) in [6, 6.07) is 10.6. The number of carboxylic acid groups (broad SMARTS) is 1. The number of piperidine rings is 1. The largest absolute Gasteiger partial charge is 0.480 e. The predicted molar refractivity (Wildman–Crippen MR) is 95.4 cm³/mol. The molecule has 0 amide bonds. The highest BCUT2D eigenvalue weighted by molar-refractivity contribution is 5.79. The molecule has 0 radical (unpaired) electrons. The quantitative estimate of drug-likeness (QED) is 0.750. The number of aromatic amines is 1. The molecular weight excluding hydrogens is 316 g/mol. The molecule has 2 aromatic heterocycles. The molecule has 1 aliphatic heterocycles. The van der Waals surface area contributed by atoms with Gasteiger partial charge in [0, 0.05) is 42.6 Å². The number of H-pyrrole nitrogens is 1. The Labute approximate surface area is 146 Å². The van der Waals surface area contributed by atoms with Crippen LogP contribution >= 0.6 is 0 Å². The van der Waals surface area contributed by atoms with Gasteiger partial charge in [-0.1, -0.05) is 6.07 Å². The summed E-state index contributed by atoms with van der Waals surface area (Å²) >= 11 is 0. The minimum absolute atomic E-state index is 0.0665. The second kappa shape index (κ2) is 6.72. The van der Waals surface area contributed by atoms with Crippen LogP contribution in [0.4, 0.5) is 0 Å². The minimum atomic E-state index is -0.850. The Balaban J connectivity index is 1.47. The monoisotopic (exact) mass is 338 g/mol. The normalized spacial score (nSPS) is 18.6. The molecule has 0 spiro atoms. The molecule has 0 bridgehead atoms. The van der Waals surface area contributed by atoms with Gasteiger partial charge in [0.15, 0.2) is 0 Å². The van der Waals surface area contributed by atoms with Crippen molar-refractivity contribution in [1.29, 1.82) is 0 Å². The molecule has 25 heavy (non-hydrogen) atoms. The fraction of sp³-hybridized carbons (Fsp3) is 0.368. The Morgan fingerprint density at radius 1 is 1.32 bits per heavy atom. The van der Waals surface area contributed by atoms with Crippen molar-refractivity contribution in [2.24, 2.45) is 0 Å². The van der Waals surface area contributed by atoms with Crippen LogP contribution < -0.4 is 0 Å². The van der Waals surface area contributed by atoms with Gasteiger partial charge in [-0.3, -0.25) is 14.4 Å². The van der Waals surface area contributed by atoms with Crippen LogP contribution in [-0.2, 0) is 17.9 Å². The predicted octanol–water partition coefficient (Wildman–Crippen LogP) is 2.83. The molecule has 0 saturated carbocycles. The fourth-order valence-electron chi connectivity index (χ4n) is 3.85. The van der Waals surface area contributed by atoms with E-state index in [1.165, 1.54) is 10.9 Å². The van der Waals surface area contributed by atoms with Crippen molar-refractivity contribution >= 4 is 16.9 Å². The lowest BCUT2D eigenvalue weighted by Gasteiger charge is -2.33. The summed E-state index contributed by atoms with van der Waals surface area (Å²) in [5, 5.41) is 14.5. The number of rotatable bonds is 5. The average Bonchev–Trinajstić information content (AvgIpc) is 3.23. The van der Waals surface area contributed by atoms with Crippen LogP contribution in [0.1, 0.15) is 30.0 Å². The number of aliphatic carboxylic acids is 1. The summed E-state index contributed by atoms with van der Waals surface area (Å²) in [5.41, 5.74) is 3.51. The van der Waals surface area contributed by atoms with E-state index in [-0.39, 0.29) is 6.54 Å². The third-order valence-electron chi connectivity index (χ3n) is 4.98. The number of likely N-dealkylation sites (tertiary alicyclic amines) is 1. The topological polar surface area (TPSA) is 74.2 Å². The van der Waals surface area contributed by atoms with E-state index in [2.05, 4.69) is 39.2 Å². The maximum atomic E-state index is 11.0. The number of nitrogens with zero attached hydrogens (tertiary/aromatic N) is 3. The minimum Gasteiger partial charge on any atom is -0.480 e. The van der Waals surface area contributed by atoms with Gasteiger partial charge in [0.2, 0.25) is 0 Å². The lowest BCUT2D eigenvalue weighted by atomic mass is 9.94. The Kier molecular flexibility index (Phi) is 4.28. The van der Waals surface area contributed by atoms with Crippen molar-refractivity contribution in [2.45, 2.75) is 31.8 Å². The number of hydrogen-bond acceptors (Lipinski definition) is 3. The Morgan fingerprint density at radius 3 is 3.12 bits per heavy atom. The van der Waals surface area contributed by atoms with Crippen LogP contribution in [-0.4, -0.2) is 43.8 Å². The highest BCUT2D eigenvalue weighted by atomic mass is 16.4. The van der Waals surface area contributed by atoms with Gasteiger partial charge in [-0.2, -0.15) is 5.10 Å².